The lowest BCUT2D eigenvalue weighted by molar-refractivity contribution is 1.40. The molecule has 0 saturated heterocycles. The van der Waals surface area contributed by atoms with Gasteiger partial charge in [-0.25, -0.2) is 4.98 Å². The van der Waals surface area contributed by atoms with Crippen LogP contribution >= 0.6 is 27.3 Å². The van der Waals surface area contributed by atoms with Gasteiger partial charge in [-0.2, -0.15) is 0 Å². The third-order valence-corrected chi connectivity index (χ3v) is 4.53. The van der Waals surface area contributed by atoms with Gasteiger partial charge < -0.3 is 5.32 Å². The van der Waals surface area contributed by atoms with Gasteiger partial charge in [0, 0.05) is 4.47 Å². The van der Waals surface area contributed by atoms with Crippen molar-refractivity contribution in [2.45, 2.75) is 13.8 Å². The van der Waals surface area contributed by atoms with Gasteiger partial charge in [0.2, 0.25) is 0 Å². The van der Waals surface area contributed by atoms with Crippen molar-refractivity contribution in [3.05, 3.63) is 52.0 Å². The highest BCUT2D eigenvalue weighted by atomic mass is 79.9. The highest BCUT2D eigenvalue weighted by molar-refractivity contribution is 9.10. The third-order valence-electron chi connectivity index (χ3n) is 2.91. The number of aryl methyl sites for hydroxylation is 2. The van der Waals surface area contributed by atoms with Crippen molar-refractivity contribution >= 4 is 48.3 Å². The number of aromatic nitrogens is 1. The van der Waals surface area contributed by atoms with Crippen LogP contribution in [0.5, 0.6) is 0 Å². The molecule has 0 bridgehead atoms. The Morgan fingerprint density at radius 2 is 1.79 bits per heavy atom. The summed E-state index contributed by atoms with van der Waals surface area (Å²) in [6.07, 6.45) is 0. The second-order valence-electron chi connectivity index (χ2n) is 4.60. The predicted octanol–water partition coefficient (Wildman–Crippen LogP) is 5.42. The fraction of sp³-hybridized carbons (Fsp3) is 0.133. The van der Waals surface area contributed by atoms with Gasteiger partial charge in [0.05, 0.1) is 15.9 Å². The monoisotopic (exact) mass is 332 g/mol. The molecule has 96 valence electrons. The van der Waals surface area contributed by atoms with Gasteiger partial charge in [0.1, 0.15) is 0 Å². The maximum atomic E-state index is 4.61. The topological polar surface area (TPSA) is 24.9 Å². The Morgan fingerprint density at radius 1 is 1.05 bits per heavy atom. The summed E-state index contributed by atoms with van der Waals surface area (Å²) in [5, 5.41) is 4.31. The van der Waals surface area contributed by atoms with E-state index < -0.39 is 0 Å². The van der Waals surface area contributed by atoms with Crippen LogP contribution in [0.1, 0.15) is 11.1 Å². The highest BCUT2D eigenvalue weighted by Crippen LogP contribution is 2.32. The molecule has 1 aromatic heterocycles. The molecular weight excluding hydrogens is 320 g/mol. The number of thiazole rings is 1. The average Bonchev–Trinajstić information content (AvgIpc) is 2.75. The molecule has 0 amide bonds. The summed E-state index contributed by atoms with van der Waals surface area (Å²) in [5.74, 6) is 0. The lowest BCUT2D eigenvalue weighted by atomic mass is 10.2. The Balaban J connectivity index is 1.98. The molecule has 0 aliphatic carbocycles. The molecule has 0 saturated carbocycles. The first kappa shape index (κ1) is 12.6. The van der Waals surface area contributed by atoms with Crippen LogP contribution in [0.15, 0.2) is 40.9 Å². The number of fused-ring (bicyclic) bond motifs is 1. The van der Waals surface area contributed by atoms with Gasteiger partial charge in [-0.15, -0.1) is 0 Å². The number of anilines is 2. The van der Waals surface area contributed by atoms with Crippen LogP contribution in [0, 0.1) is 13.8 Å². The average molecular weight is 333 g/mol. The molecule has 3 rings (SSSR count). The van der Waals surface area contributed by atoms with Gasteiger partial charge >= 0.3 is 0 Å². The number of nitrogens with one attached hydrogen (secondary N) is 1. The zero-order valence-corrected chi connectivity index (χ0v) is 13.1. The van der Waals surface area contributed by atoms with Crippen molar-refractivity contribution in [2.75, 3.05) is 5.32 Å². The van der Waals surface area contributed by atoms with E-state index in [1.807, 2.05) is 0 Å². The molecule has 0 fully saturated rings. The first-order valence-electron chi connectivity index (χ1n) is 6.02. The van der Waals surface area contributed by atoms with Gasteiger partial charge in [-0.1, -0.05) is 23.5 Å². The molecule has 19 heavy (non-hydrogen) atoms. The Labute approximate surface area is 124 Å². The van der Waals surface area contributed by atoms with Crippen LogP contribution in [0.3, 0.4) is 0 Å². The van der Waals surface area contributed by atoms with Gasteiger partial charge in [0.25, 0.3) is 0 Å². The molecular formula is C15H13BrN2S. The lowest BCUT2D eigenvalue weighted by Crippen LogP contribution is -1.90. The molecule has 4 heteroatoms. The molecule has 2 aromatic carbocycles. The number of halogens is 1. The van der Waals surface area contributed by atoms with Crippen molar-refractivity contribution in [1.82, 2.24) is 4.98 Å². The molecule has 1 N–H and O–H groups in total. The van der Waals surface area contributed by atoms with Crippen LogP contribution in [0.4, 0.5) is 10.8 Å². The summed E-state index contributed by atoms with van der Waals surface area (Å²) in [6, 6.07) is 12.6. The fourth-order valence-corrected chi connectivity index (χ4v) is 3.26. The smallest absolute Gasteiger partial charge is 0.188 e. The first-order valence-corrected chi connectivity index (χ1v) is 7.63. The van der Waals surface area contributed by atoms with Crippen molar-refractivity contribution in [2.24, 2.45) is 0 Å². The minimum Gasteiger partial charge on any atom is -0.331 e. The molecule has 1 heterocycles. The summed E-state index contributed by atoms with van der Waals surface area (Å²) in [5.41, 5.74) is 4.58. The van der Waals surface area contributed by atoms with Crippen molar-refractivity contribution in [1.29, 1.82) is 0 Å². The summed E-state index contributed by atoms with van der Waals surface area (Å²) < 4.78 is 2.26. The number of nitrogens with zero attached hydrogens (tertiary/aromatic N) is 1. The number of rotatable bonds is 2. The Kier molecular flexibility index (Phi) is 3.29. The standard InChI is InChI=1S/C15H13BrN2S/c1-9-3-5-11(16)13(7-9)18-15-17-12-6-4-10(2)8-14(12)19-15/h3-8H,1-2H3,(H,17,18). The second kappa shape index (κ2) is 4.94. The van der Waals surface area contributed by atoms with E-state index in [4.69, 9.17) is 0 Å². The third kappa shape index (κ3) is 2.65. The van der Waals surface area contributed by atoms with E-state index in [0.717, 1.165) is 20.8 Å². The Morgan fingerprint density at radius 3 is 2.63 bits per heavy atom. The van der Waals surface area contributed by atoms with Gasteiger partial charge in [0.15, 0.2) is 5.13 Å². The van der Waals surface area contributed by atoms with Crippen molar-refractivity contribution in [3.63, 3.8) is 0 Å². The van der Waals surface area contributed by atoms with Crippen LogP contribution in [-0.2, 0) is 0 Å². The van der Waals surface area contributed by atoms with E-state index in [1.165, 1.54) is 15.8 Å². The number of benzene rings is 2. The number of hydrogen-bond donors (Lipinski definition) is 1. The normalized spacial score (nSPS) is 10.9. The van der Waals surface area contributed by atoms with Crippen LogP contribution in [-0.4, -0.2) is 4.98 Å². The minimum atomic E-state index is 0.923. The van der Waals surface area contributed by atoms with E-state index in [2.05, 4.69) is 76.5 Å². The number of hydrogen-bond acceptors (Lipinski definition) is 3. The van der Waals surface area contributed by atoms with Crippen LogP contribution in [0.25, 0.3) is 10.2 Å². The lowest BCUT2D eigenvalue weighted by Gasteiger charge is -2.06. The van der Waals surface area contributed by atoms with E-state index in [9.17, 15) is 0 Å². The van der Waals surface area contributed by atoms with Gasteiger partial charge in [-0.3, -0.25) is 0 Å². The molecule has 0 atom stereocenters. The molecule has 2 nitrogen and oxygen atoms in total. The van der Waals surface area contributed by atoms with E-state index >= 15 is 0 Å². The largest absolute Gasteiger partial charge is 0.331 e. The summed E-state index contributed by atoms with van der Waals surface area (Å²) in [7, 11) is 0. The first-order chi connectivity index (χ1) is 9.11. The second-order valence-corrected chi connectivity index (χ2v) is 6.48. The molecule has 0 aliphatic heterocycles. The highest BCUT2D eigenvalue weighted by Gasteiger charge is 2.06. The van der Waals surface area contributed by atoms with Crippen molar-refractivity contribution < 1.29 is 0 Å². The maximum absolute atomic E-state index is 4.61. The van der Waals surface area contributed by atoms with E-state index in [-0.39, 0.29) is 0 Å². The molecule has 0 aliphatic rings. The zero-order chi connectivity index (χ0) is 13.4. The minimum absolute atomic E-state index is 0.923. The Bertz CT molecular complexity index is 749. The fourth-order valence-electron chi connectivity index (χ4n) is 1.94. The summed E-state index contributed by atoms with van der Waals surface area (Å²) >= 11 is 5.24. The van der Waals surface area contributed by atoms with E-state index in [0.29, 0.717) is 0 Å². The maximum Gasteiger partial charge on any atom is 0.188 e. The Hall–Kier alpha value is -1.39. The molecule has 0 unspecified atom stereocenters. The quantitative estimate of drug-likeness (QED) is 0.677. The van der Waals surface area contributed by atoms with Crippen LogP contribution in [0.2, 0.25) is 0 Å². The SMILES string of the molecule is Cc1ccc(Br)c(Nc2nc3ccc(C)cc3s2)c1. The molecule has 0 spiro atoms. The predicted molar refractivity (Wildman–Crippen MR) is 86.5 cm³/mol. The molecule has 3 aromatic rings. The molecule has 0 radical (unpaired) electrons. The zero-order valence-electron chi connectivity index (χ0n) is 10.7. The van der Waals surface area contributed by atoms with Gasteiger partial charge in [-0.05, 0) is 65.2 Å². The summed E-state index contributed by atoms with van der Waals surface area (Å²) in [6.45, 7) is 4.18. The van der Waals surface area contributed by atoms with E-state index in [1.54, 1.807) is 11.3 Å². The summed E-state index contributed by atoms with van der Waals surface area (Å²) in [4.78, 5) is 4.61. The van der Waals surface area contributed by atoms with Crippen LogP contribution < -0.4 is 5.32 Å². The van der Waals surface area contributed by atoms with Crippen molar-refractivity contribution in [3.8, 4) is 0 Å².